The summed E-state index contributed by atoms with van der Waals surface area (Å²) in [6, 6.07) is 4.41. The summed E-state index contributed by atoms with van der Waals surface area (Å²) in [5, 5.41) is 0.441. The molecule has 0 N–H and O–H groups in total. The lowest BCUT2D eigenvalue weighted by molar-refractivity contribution is -0.185. The molecule has 1 aromatic rings. The predicted octanol–water partition coefficient (Wildman–Crippen LogP) is 4.49. The third-order valence-electron chi connectivity index (χ3n) is 3.10. The first-order valence-corrected chi connectivity index (χ1v) is 6.55. The Morgan fingerprint density at radius 1 is 1.40 bits per heavy atom. The first kappa shape index (κ1) is 16.8. The van der Waals surface area contributed by atoms with Gasteiger partial charge in [0, 0.05) is 5.02 Å². The molecular formula is C14H16ClF3O2. The highest BCUT2D eigenvalue weighted by Gasteiger charge is 2.45. The third kappa shape index (κ3) is 3.88. The zero-order chi connectivity index (χ0) is 15.5. The van der Waals surface area contributed by atoms with Gasteiger partial charge in [0.15, 0.2) is 0 Å². The molecule has 2 nitrogen and oxygen atoms in total. The lowest BCUT2D eigenvalue weighted by atomic mass is 9.86. The van der Waals surface area contributed by atoms with Crippen molar-refractivity contribution in [2.45, 2.75) is 32.9 Å². The Morgan fingerprint density at radius 3 is 2.45 bits per heavy atom. The molecule has 0 fully saturated rings. The molecule has 0 radical (unpaired) electrons. The van der Waals surface area contributed by atoms with Crippen LogP contribution in [0.5, 0.6) is 0 Å². The molecule has 0 spiro atoms. The normalized spacial score (nSPS) is 14.8. The van der Waals surface area contributed by atoms with Gasteiger partial charge in [-0.2, -0.15) is 13.2 Å². The van der Waals surface area contributed by atoms with Crippen LogP contribution in [-0.4, -0.2) is 18.8 Å². The van der Waals surface area contributed by atoms with Gasteiger partial charge in [0.2, 0.25) is 0 Å². The average molecular weight is 309 g/mol. The van der Waals surface area contributed by atoms with E-state index in [0.29, 0.717) is 10.6 Å². The Kier molecular flexibility index (Phi) is 5.45. The number of halogens is 4. The fourth-order valence-electron chi connectivity index (χ4n) is 1.91. The molecule has 2 unspecified atom stereocenters. The second kappa shape index (κ2) is 6.48. The zero-order valence-corrected chi connectivity index (χ0v) is 12.2. The molecule has 20 heavy (non-hydrogen) atoms. The maximum absolute atomic E-state index is 12.9. The van der Waals surface area contributed by atoms with Gasteiger partial charge in [0.25, 0.3) is 0 Å². The Morgan fingerprint density at radius 2 is 2.00 bits per heavy atom. The summed E-state index contributed by atoms with van der Waals surface area (Å²) in [6.45, 7) is 4.24. The monoisotopic (exact) mass is 308 g/mol. The molecule has 0 saturated heterocycles. The first-order chi connectivity index (χ1) is 9.18. The van der Waals surface area contributed by atoms with Crippen LogP contribution >= 0.6 is 11.6 Å². The van der Waals surface area contributed by atoms with Crippen LogP contribution in [0.2, 0.25) is 5.02 Å². The number of hydrogen-bond donors (Lipinski definition) is 0. The SMILES string of the molecule is CCOC(=O)C(c1ccc(Cl)c(C)c1)C(C)C(F)(F)F. The van der Waals surface area contributed by atoms with Gasteiger partial charge in [0.1, 0.15) is 0 Å². The molecule has 6 heteroatoms. The summed E-state index contributed by atoms with van der Waals surface area (Å²) in [5.41, 5.74) is 0.878. The number of rotatable bonds is 4. The average Bonchev–Trinajstić information content (AvgIpc) is 2.33. The largest absolute Gasteiger partial charge is 0.466 e. The Balaban J connectivity index is 3.22. The highest BCUT2D eigenvalue weighted by molar-refractivity contribution is 6.31. The molecule has 1 rings (SSSR count). The van der Waals surface area contributed by atoms with Gasteiger partial charge in [-0.15, -0.1) is 0 Å². The van der Waals surface area contributed by atoms with Crippen molar-refractivity contribution in [3.63, 3.8) is 0 Å². The lowest BCUT2D eigenvalue weighted by Crippen LogP contribution is -2.32. The number of hydrogen-bond acceptors (Lipinski definition) is 2. The van der Waals surface area contributed by atoms with Crippen LogP contribution < -0.4 is 0 Å². The van der Waals surface area contributed by atoms with Gasteiger partial charge in [-0.3, -0.25) is 4.79 Å². The van der Waals surface area contributed by atoms with Crippen molar-refractivity contribution < 1.29 is 22.7 Å². The van der Waals surface area contributed by atoms with Crippen LogP contribution in [0.3, 0.4) is 0 Å². The van der Waals surface area contributed by atoms with E-state index in [1.54, 1.807) is 13.8 Å². The van der Waals surface area contributed by atoms with Crippen LogP contribution in [0.25, 0.3) is 0 Å². The zero-order valence-electron chi connectivity index (χ0n) is 11.4. The van der Waals surface area contributed by atoms with Crippen molar-refractivity contribution in [1.82, 2.24) is 0 Å². The van der Waals surface area contributed by atoms with E-state index in [1.165, 1.54) is 18.2 Å². The van der Waals surface area contributed by atoms with E-state index in [-0.39, 0.29) is 12.2 Å². The van der Waals surface area contributed by atoms with Gasteiger partial charge in [0.05, 0.1) is 18.4 Å². The summed E-state index contributed by atoms with van der Waals surface area (Å²) >= 11 is 5.86. The van der Waals surface area contributed by atoms with Gasteiger partial charge >= 0.3 is 12.1 Å². The Labute approximate surface area is 120 Å². The highest BCUT2D eigenvalue weighted by atomic mass is 35.5. The van der Waals surface area contributed by atoms with Crippen molar-refractivity contribution in [2.75, 3.05) is 6.61 Å². The maximum Gasteiger partial charge on any atom is 0.392 e. The van der Waals surface area contributed by atoms with E-state index >= 15 is 0 Å². The maximum atomic E-state index is 12.9. The minimum Gasteiger partial charge on any atom is -0.466 e. The molecule has 0 aliphatic carbocycles. The van der Waals surface area contributed by atoms with E-state index in [1.807, 2.05) is 0 Å². The van der Waals surface area contributed by atoms with Crippen LogP contribution in [0.15, 0.2) is 18.2 Å². The molecule has 112 valence electrons. The molecule has 2 atom stereocenters. The third-order valence-corrected chi connectivity index (χ3v) is 3.52. The highest BCUT2D eigenvalue weighted by Crippen LogP contribution is 2.38. The summed E-state index contributed by atoms with van der Waals surface area (Å²) in [7, 11) is 0. The number of carbonyl (C=O) groups is 1. The van der Waals surface area contributed by atoms with Crippen LogP contribution in [0.4, 0.5) is 13.2 Å². The Bertz CT molecular complexity index is 486. The minimum atomic E-state index is -4.48. The van der Waals surface area contributed by atoms with Crippen molar-refractivity contribution in [2.24, 2.45) is 5.92 Å². The lowest BCUT2D eigenvalue weighted by Gasteiger charge is -2.25. The van der Waals surface area contributed by atoms with Crippen LogP contribution in [-0.2, 0) is 9.53 Å². The van der Waals surface area contributed by atoms with Crippen molar-refractivity contribution in [3.8, 4) is 0 Å². The standard InChI is InChI=1S/C14H16ClF3O2/c1-4-20-13(19)12(9(3)14(16,17)18)10-5-6-11(15)8(2)7-10/h5-7,9,12H,4H2,1-3H3. The van der Waals surface area contributed by atoms with Gasteiger partial charge in [-0.1, -0.05) is 30.7 Å². The molecule has 0 aliphatic heterocycles. The molecule has 0 saturated carbocycles. The summed E-state index contributed by atoms with van der Waals surface area (Å²) in [6.07, 6.45) is -4.48. The quantitative estimate of drug-likeness (QED) is 0.766. The van der Waals surface area contributed by atoms with Gasteiger partial charge < -0.3 is 4.74 Å². The van der Waals surface area contributed by atoms with Crippen molar-refractivity contribution in [1.29, 1.82) is 0 Å². The number of benzene rings is 1. The predicted molar refractivity (Wildman–Crippen MR) is 70.8 cm³/mol. The van der Waals surface area contributed by atoms with E-state index in [0.717, 1.165) is 6.92 Å². The smallest absolute Gasteiger partial charge is 0.392 e. The summed E-state index contributed by atoms with van der Waals surface area (Å²) in [4.78, 5) is 11.9. The van der Waals surface area contributed by atoms with E-state index < -0.39 is 24.0 Å². The van der Waals surface area contributed by atoms with E-state index in [4.69, 9.17) is 16.3 Å². The molecule has 1 aromatic carbocycles. The van der Waals surface area contributed by atoms with Gasteiger partial charge in [-0.05, 0) is 31.0 Å². The number of alkyl halides is 3. The fourth-order valence-corrected chi connectivity index (χ4v) is 2.03. The molecule has 0 heterocycles. The van der Waals surface area contributed by atoms with Crippen molar-refractivity contribution in [3.05, 3.63) is 34.3 Å². The second-order valence-electron chi connectivity index (χ2n) is 4.57. The summed E-state index contributed by atoms with van der Waals surface area (Å²) < 4.78 is 43.6. The minimum absolute atomic E-state index is 0.0342. The summed E-state index contributed by atoms with van der Waals surface area (Å²) in [5.74, 6) is -4.09. The first-order valence-electron chi connectivity index (χ1n) is 6.17. The van der Waals surface area contributed by atoms with Crippen LogP contribution in [0.1, 0.15) is 30.9 Å². The molecule has 0 aromatic heterocycles. The topological polar surface area (TPSA) is 26.3 Å². The van der Waals surface area contributed by atoms with Crippen LogP contribution in [0, 0.1) is 12.8 Å². The van der Waals surface area contributed by atoms with Crippen molar-refractivity contribution >= 4 is 17.6 Å². The second-order valence-corrected chi connectivity index (χ2v) is 4.98. The molecule has 0 amide bonds. The number of ether oxygens (including phenoxy) is 1. The van der Waals surface area contributed by atoms with E-state index in [9.17, 15) is 18.0 Å². The Hall–Kier alpha value is -1.23. The number of aryl methyl sites for hydroxylation is 1. The molecule has 0 aliphatic rings. The molecular weight excluding hydrogens is 293 g/mol. The van der Waals surface area contributed by atoms with E-state index in [2.05, 4.69) is 0 Å². The number of carbonyl (C=O) groups excluding carboxylic acids is 1. The van der Waals surface area contributed by atoms with Gasteiger partial charge in [-0.25, -0.2) is 0 Å². The fraction of sp³-hybridized carbons (Fsp3) is 0.500. The molecule has 0 bridgehead atoms. The number of esters is 1.